The van der Waals surface area contributed by atoms with Gasteiger partial charge in [-0.05, 0) is 24.6 Å². The van der Waals surface area contributed by atoms with E-state index in [9.17, 15) is 15.2 Å². The number of nitrogens with zero attached hydrogens (tertiary/aromatic N) is 1. The van der Waals surface area contributed by atoms with E-state index in [4.69, 9.17) is 10.8 Å². The molecular weight excluding hydrogens is 236 g/mol. The minimum absolute atomic E-state index is 0. The van der Waals surface area contributed by atoms with Gasteiger partial charge in [-0.3, -0.25) is 10.1 Å². The molecule has 7 heteroatoms. The van der Waals surface area contributed by atoms with Gasteiger partial charge in [-0.25, -0.2) is 0 Å². The molecule has 0 saturated heterocycles. The van der Waals surface area contributed by atoms with Crippen LogP contribution in [-0.4, -0.2) is 21.7 Å². The molecule has 0 aromatic heterocycles. The van der Waals surface area contributed by atoms with Gasteiger partial charge >= 0.3 is 5.69 Å². The Labute approximate surface area is 98.3 Å². The number of aromatic hydroxyl groups is 1. The van der Waals surface area contributed by atoms with Crippen LogP contribution in [0.5, 0.6) is 5.75 Å². The van der Waals surface area contributed by atoms with Crippen molar-refractivity contribution in [1.82, 2.24) is 0 Å². The van der Waals surface area contributed by atoms with Crippen molar-refractivity contribution in [2.45, 2.75) is 12.5 Å². The number of benzene rings is 1. The van der Waals surface area contributed by atoms with E-state index in [0.29, 0.717) is 12.0 Å². The van der Waals surface area contributed by atoms with E-state index < -0.39 is 22.5 Å². The Hall–Kier alpha value is -1.37. The summed E-state index contributed by atoms with van der Waals surface area (Å²) in [6, 6.07) is 3.77. The third-order valence-electron chi connectivity index (χ3n) is 2.02. The molecule has 1 atom stereocenters. The molecule has 0 aliphatic carbocycles. The van der Waals surface area contributed by atoms with E-state index >= 15 is 0 Å². The fourth-order valence-corrected chi connectivity index (χ4v) is 1.22. The largest absolute Gasteiger partial charge is 0.502 e. The van der Waals surface area contributed by atoms with Crippen LogP contribution in [-0.2, 0) is 0 Å². The molecule has 4 N–H and O–H groups in total. The third kappa shape index (κ3) is 3.34. The first-order valence-electron chi connectivity index (χ1n) is 4.41. The number of rotatable bonds is 4. The highest BCUT2D eigenvalue weighted by molar-refractivity contribution is 5.85. The molecular formula is C9H13ClN2O4. The van der Waals surface area contributed by atoms with Crippen LogP contribution < -0.4 is 5.73 Å². The van der Waals surface area contributed by atoms with Crippen molar-refractivity contribution >= 4 is 18.1 Å². The van der Waals surface area contributed by atoms with Crippen LogP contribution in [0.3, 0.4) is 0 Å². The molecule has 1 aromatic carbocycles. The summed E-state index contributed by atoms with van der Waals surface area (Å²) < 4.78 is 0. The quantitative estimate of drug-likeness (QED) is 0.546. The Morgan fingerprint density at radius 2 is 2.12 bits per heavy atom. The fraction of sp³-hybridized carbons (Fsp3) is 0.333. The summed E-state index contributed by atoms with van der Waals surface area (Å²) in [7, 11) is 0. The van der Waals surface area contributed by atoms with Crippen LogP contribution in [0.25, 0.3) is 0 Å². The first-order chi connectivity index (χ1) is 7.06. The monoisotopic (exact) mass is 248 g/mol. The van der Waals surface area contributed by atoms with Crippen molar-refractivity contribution in [2.75, 3.05) is 6.54 Å². The van der Waals surface area contributed by atoms with Crippen LogP contribution in [0.4, 0.5) is 5.69 Å². The Kier molecular flexibility index (Phi) is 5.73. The lowest BCUT2D eigenvalue weighted by molar-refractivity contribution is -0.386. The Morgan fingerprint density at radius 3 is 2.62 bits per heavy atom. The maximum absolute atomic E-state index is 10.5. The number of aliphatic hydroxyl groups excluding tert-OH is 1. The summed E-state index contributed by atoms with van der Waals surface area (Å²) in [5.74, 6) is -0.413. The normalized spacial score (nSPS) is 11.6. The molecule has 0 aliphatic heterocycles. The van der Waals surface area contributed by atoms with Crippen LogP contribution >= 0.6 is 12.4 Å². The second-order valence-corrected chi connectivity index (χ2v) is 3.10. The summed E-state index contributed by atoms with van der Waals surface area (Å²) >= 11 is 0. The second kappa shape index (κ2) is 6.26. The Balaban J connectivity index is 0.00000225. The van der Waals surface area contributed by atoms with E-state index in [1.165, 1.54) is 12.1 Å². The molecule has 0 fully saturated rings. The maximum atomic E-state index is 10.5. The maximum Gasteiger partial charge on any atom is 0.311 e. The molecule has 0 heterocycles. The van der Waals surface area contributed by atoms with Gasteiger partial charge in [0.25, 0.3) is 0 Å². The standard InChI is InChI=1S/C9H12N2O4.ClH/c10-4-3-8(12)6-1-2-9(13)7(5-6)11(14)15;/h1-2,5,8,12-13H,3-4,10H2;1H. The average molecular weight is 249 g/mol. The second-order valence-electron chi connectivity index (χ2n) is 3.10. The molecule has 6 nitrogen and oxygen atoms in total. The lowest BCUT2D eigenvalue weighted by Gasteiger charge is -2.09. The fourth-order valence-electron chi connectivity index (χ4n) is 1.22. The summed E-state index contributed by atoms with van der Waals surface area (Å²) in [5.41, 5.74) is 5.22. The molecule has 90 valence electrons. The predicted molar refractivity (Wildman–Crippen MR) is 60.6 cm³/mol. The molecule has 0 saturated carbocycles. The van der Waals surface area contributed by atoms with Crippen molar-refractivity contribution in [2.24, 2.45) is 5.73 Å². The highest BCUT2D eigenvalue weighted by Gasteiger charge is 2.16. The van der Waals surface area contributed by atoms with Gasteiger partial charge in [0.05, 0.1) is 11.0 Å². The van der Waals surface area contributed by atoms with Crippen molar-refractivity contribution in [3.05, 3.63) is 33.9 Å². The minimum atomic E-state index is -0.839. The molecule has 0 radical (unpaired) electrons. The highest BCUT2D eigenvalue weighted by atomic mass is 35.5. The molecule has 0 bridgehead atoms. The molecule has 0 spiro atoms. The molecule has 0 aliphatic rings. The molecule has 16 heavy (non-hydrogen) atoms. The minimum Gasteiger partial charge on any atom is -0.502 e. The molecule has 1 aromatic rings. The zero-order valence-electron chi connectivity index (χ0n) is 8.37. The van der Waals surface area contributed by atoms with Gasteiger partial charge in [0, 0.05) is 6.07 Å². The smallest absolute Gasteiger partial charge is 0.311 e. The van der Waals surface area contributed by atoms with Gasteiger partial charge in [0.2, 0.25) is 0 Å². The number of nitro benzene ring substituents is 1. The van der Waals surface area contributed by atoms with Gasteiger partial charge in [0.15, 0.2) is 5.75 Å². The average Bonchev–Trinajstić information content (AvgIpc) is 2.18. The van der Waals surface area contributed by atoms with Crippen LogP contribution in [0.2, 0.25) is 0 Å². The number of nitrogens with two attached hydrogens (primary N) is 1. The molecule has 0 amide bonds. The van der Waals surface area contributed by atoms with Crippen LogP contribution in [0.15, 0.2) is 18.2 Å². The molecule has 1 rings (SSSR count). The van der Waals surface area contributed by atoms with E-state index in [1.807, 2.05) is 0 Å². The molecule has 1 unspecified atom stereocenters. The summed E-state index contributed by atoms with van der Waals surface area (Å²) in [6.45, 7) is 0.288. The summed E-state index contributed by atoms with van der Waals surface area (Å²) in [5, 5.41) is 29.2. The van der Waals surface area contributed by atoms with Gasteiger partial charge in [-0.2, -0.15) is 0 Å². The third-order valence-corrected chi connectivity index (χ3v) is 2.02. The first-order valence-corrected chi connectivity index (χ1v) is 4.41. The Bertz CT molecular complexity index is 373. The summed E-state index contributed by atoms with van der Waals surface area (Å²) in [4.78, 5) is 9.79. The highest BCUT2D eigenvalue weighted by Crippen LogP contribution is 2.29. The number of phenolic OH excluding ortho intramolecular Hbond substituents is 1. The number of hydrogen-bond acceptors (Lipinski definition) is 5. The van der Waals surface area contributed by atoms with Gasteiger partial charge in [0.1, 0.15) is 0 Å². The summed E-state index contributed by atoms with van der Waals surface area (Å²) in [6.07, 6.45) is -0.517. The van der Waals surface area contributed by atoms with Crippen LogP contribution in [0.1, 0.15) is 18.1 Å². The topological polar surface area (TPSA) is 110 Å². The first kappa shape index (κ1) is 14.6. The van der Waals surface area contributed by atoms with Crippen molar-refractivity contribution in [3.63, 3.8) is 0 Å². The number of halogens is 1. The van der Waals surface area contributed by atoms with Crippen molar-refractivity contribution < 1.29 is 15.1 Å². The lowest BCUT2D eigenvalue weighted by Crippen LogP contribution is -2.06. The zero-order chi connectivity index (χ0) is 11.4. The zero-order valence-corrected chi connectivity index (χ0v) is 9.18. The van der Waals surface area contributed by atoms with E-state index in [0.717, 1.165) is 6.07 Å². The number of hydrogen-bond donors (Lipinski definition) is 3. The van der Waals surface area contributed by atoms with Crippen LogP contribution in [0, 0.1) is 10.1 Å². The van der Waals surface area contributed by atoms with Crippen molar-refractivity contribution in [1.29, 1.82) is 0 Å². The van der Waals surface area contributed by atoms with Gasteiger partial charge in [-0.1, -0.05) is 6.07 Å². The van der Waals surface area contributed by atoms with E-state index in [1.54, 1.807) is 0 Å². The number of aliphatic hydroxyl groups is 1. The van der Waals surface area contributed by atoms with Gasteiger partial charge < -0.3 is 15.9 Å². The van der Waals surface area contributed by atoms with E-state index in [-0.39, 0.29) is 19.0 Å². The number of phenols is 1. The number of nitro groups is 1. The SMILES string of the molecule is Cl.NCCC(O)c1ccc(O)c([N+](=O)[O-])c1. The Morgan fingerprint density at radius 1 is 1.50 bits per heavy atom. The van der Waals surface area contributed by atoms with Crippen molar-refractivity contribution in [3.8, 4) is 5.75 Å². The van der Waals surface area contributed by atoms with E-state index in [2.05, 4.69) is 0 Å². The lowest BCUT2D eigenvalue weighted by atomic mass is 10.1. The predicted octanol–water partition coefficient (Wildman–Crippen LogP) is 1.10. The van der Waals surface area contributed by atoms with Gasteiger partial charge in [-0.15, -0.1) is 12.4 Å².